The predicted octanol–water partition coefficient (Wildman–Crippen LogP) is 1.40. The molecule has 1 amide bonds. The van der Waals surface area contributed by atoms with E-state index in [9.17, 15) is 4.79 Å². The summed E-state index contributed by atoms with van der Waals surface area (Å²) < 4.78 is 5.53. The molecule has 1 saturated heterocycles. The van der Waals surface area contributed by atoms with E-state index in [0.29, 0.717) is 19.1 Å². The van der Waals surface area contributed by atoms with Gasteiger partial charge in [-0.15, -0.1) is 0 Å². The fourth-order valence-electron chi connectivity index (χ4n) is 2.63. The minimum atomic E-state index is 0.0802. The van der Waals surface area contributed by atoms with Crippen LogP contribution in [0.4, 0.5) is 0 Å². The van der Waals surface area contributed by atoms with Gasteiger partial charge >= 0.3 is 0 Å². The van der Waals surface area contributed by atoms with Crippen LogP contribution in [0.5, 0.6) is 0 Å². The van der Waals surface area contributed by atoms with Crippen molar-refractivity contribution in [2.75, 3.05) is 32.8 Å². The number of rotatable bonds is 9. The zero-order chi connectivity index (χ0) is 15.7. The molecule has 1 heterocycles. The van der Waals surface area contributed by atoms with Crippen molar-refractivity contribution >= 4 is 5.91 Å². The molecule has 0 saturated carbocycles. The molecule has 124 valence electrons. The number of nitrogens with zero attached hydrogens (tertiary/aromatic N) is 1. The second kappa shape index (κ2) is 10.1. The van der Waals surface area contributed by atoms with Crippen molar-refractivity contribution in [2.24, 2.45) is 5.92 Å². The molecular weight excluding hydrogens is 268 g/mol. The predicted molar refractivity (Wildman–Crippen MR) is 84.2 cm³/mol. The minimum absolute atomic E-state index is 0.0802. The van der Waals surface area contributed by atoms with Gasteiger partial charge in [-0.25, -0.2) is 0 Å². The van der Waals surface area contributed by atoms with E-state index in [4.69, 9.17) is 9.84 Å². The maximum atomic E-state index is 12.0. The monoisotopic (exact) mass is 300 g/mol. The number of aliphatic hydroxyl groups is 1. The molecular formula is C16H32N2O3. The van der Waals surface area contributed by atoms with E-state index >= 15 is 0 Å². The van der Waals surface area contributed by atoms with Gasteiger partial charge in [0.1, 0.15) is 0 Å². The lowest BCUT2D eigenvalue weighted by atomic mass is 10.0. The lowest BCUT2D eigenvalue weighted by molar-refractivity contribution is -0.123. The van der Waals surface area contributed by atoms with Gasteiger partial charge < -0.3 is 15.2 Å². The van der Waals surface area contributed by atoms with E-state index in [1.165, 1.54) is 0 Å². The first kappa shape index (κ1) is 18.4. The third kappa shape index (κ3) is 8.39. The number of hydrogen-bond donors (Lipinski definition) is 2. The lowest BCUT2D eigenvalue weighted by Gasteiger charge is -2.31. The molecule has 0 aromatic heterocycles. The Morgan fingerprint density at radius 3 is 2.52 bits per heavy atom. The fraction of sp³-hybridized carbons (Fsp3) is 0.938. The van der Waals surface area contributed by atoms with Crippen molar-refractivity contribution in [3.63, 3.8) is 0 Å². The highest BCUT2D eigenvalue weighted by Gasteiger charge is 2.21. The Bertz CT molecular complexity index is 289. The third-order valence-corrected chi connectivity index (χ3v) is 3.93. The van der Waals surface area contributed by atoms with E-state index in [1.54, 1.807) is 0 Å². The Morgan fingerprint density at radius 1 is 1.29 bits per heavy atom. The average Bonchev–Trinajstić information content (AvgIpc) is 2.44. The summed E-state index contributed by atoms with van der Waals surface area (Å²) in [6.45, 7) is 9.26. The third-order valence-electron chi connectivity index (χ3n) is 3.93. The second-order valence-electron chi connectivity index (χ2n) is 6.51. The summed E-state index contributed by atoms with van der Waals surface area (Å²) in [6, 6.07) is 0.255. The number of nitrogens with one attached hydrogen (secondary N) is 1. The highest BCUT2D eigenvalue weighted by Crippen LogP contribution is 2.13. The Morgan fingerprint density at radius 2 is 1.95 bits per heavy atom. The molecule has 0 aromatic rings. The zero-order valence-corrected chi connectivity index (χ0v) is 13.8. The first-order chi connectivity index (χ1) is 10.0. The fourth-order valence-corrected chi connectivity index (χ4v) is 2.63. The molecule has 1 aliphatic rings. The molecule has 1 fully saturated rings. The van der Waals surface area contributed by atoms with Crippen molar-refractivity contribution in [3.8, 4) is 0 Å². The van der Waals surface area contributed by atoms with Crippen LogP contribution < -0.4 is 5.32 Å². The van der Waals surface area contributed by atoms with Gasteiger partial charge in [-0.05, 0) is 38.5 Å². The molecule has 0 aliphatic carbocycles. The van der Waals surface area contributed by atoms with Crippen LogP contribution in [0.25, 0.3) is 0 Å². The molecule has 1 unspecified atom stereocenters. The van der Waals surface area contributed by atoms with E-state index in [2.05, 4.69) is 31.0 Å². The maximum absolute atomic E-state index is 12.0. The van der Waals surface area contributed by atoms with Crippen molar-refractivity contribution in [1.29, 1.82) is 0 Å². The molecule has 5 nitrogen and oxygen atoms in total. The Balaban J connectivity index is 2.15. The normalized spacial score (nSPS) is 18.9. The van der Waals surface area contributed by atoms with Gasteiger partial charge in [0.15, 0.2) is 0 Å². The Hall–Kier alpha value is -0.650. The number of carbonyl (C=O) groups excluding carboxylic acids is 1. The van der Waals surface area contributed by atoms with Crippen molar-refractivity contribution in [3.05, 3.63) is 0 Å². The number of aliphatic hydroxyl groups excluding tert-OH is 1. The molecule has 2 N–H and O–H groups in total. The number of carbonyl (C=O) groups is 1. The summed E-state index contributed by atoms with van der Waals surface area (Å²) in [4.78, 5) is 14.2. The molecule has 0 spiro atoms. The molecule has 0 bridgehead atoms. The SMILES string of the molecule is CC(C)CCC(C)NC(=O)CN1CCC(OCCO)CC1. The Labute approximate surface area is 129 Å². The van der Waals surface area contributed by atoms with Gasteiger partial charge in [0, 0.05) is 19.1 Å². The van der Waals surface area contributed by atoms with Gasteiger partial charge in [0.25, 0.3) is 0 Å². The molecule has 21 heavy (non-hydrogen) atoms. The van der Waals surface area contributed by atoms with Gasteiger partial charge in [-0.3, -0.25) is 9.69 Å². The summed E-state index contributed by atoms with van der Waals surface area (Å²) in [5.74, 6) is 0.809. The minimum Gasteiger partial charge on any atom is -0.394 e. The van der Waals surface area contributed by atoms with E-state index in [-0.39, 0.29) is 24.7 Å². The van der Waals surface area contributed by atoms with Crippen molar-refractivity contribution < 1.29 is 14.6 Å². The molecule has 0 aromatic carbocycles. The topological polar surface area (TPSA) is 61.8 Å². The summed E-state index contributed by atoms with van der Waals surface area (Å²) >= 11 is 0. The maximum Gasteiger partial charge on any atom is 0.234 e. The molecule has 0 radical (unpaired) electrons. The van der Waals surface area contributed by atoms with Crippen LogP contribution in [0.15, 0.2) is 0 Å². The molecule has 5 heteroatoms. The Kier molecular flexibility index (Phi) is 8.88. The van der Waals surface area contributed by atoms with Gasteiger partial charge in [0.05, 0.1) is 25.9 Å². The zero-order valence-electron chi connectivity index (χ0n) is 13.8. The van der Waals surface area contributed by atoms with Gasteiger partial charge in [-0.2, -0.15) is 0 Å². The number of piperidine rings is 1. The quantitative estimate of drug-likeness (QED) is 0.676. The van der Waals surface area contributed by atoms with Crippen molar-refractivity contribution in [1.82, 2.24) is 10.2 Å². The average molecular weight is 300 g/mol. The first-order valence-electron chi connectivity index (χ1n) is 8.25. The van der Waals surface area contributed by atoms with Crippen molar-refractivity contribution in [2.45, 2.75) is 58.6 Å². The molecule has 1 atom stereocenters. The summed E-state index contributed by atoms with van der Waals surface area (Å²) in [5.41, 5.74) is 0. The van der Waals surface area contributed by atoms with Gasteiger partial charge in [0.2, 0.25) is 5.91 Å². The summed E-state index contributed by atoms with van der Waals surface area (Å²) in [5, 5.41) is 11.8. The largest absolute Gasteiger partial charge is 0.394 e. The second-order valence-corrected chi connectivity index (χ2v) is 6.51. The number of likely N-dealkylation sites (tertiary alicyclic amines) is 1. The van der Waals surface area contributed by atoms with Crippen LogP contribution in [0, 0.1) is 5.92 Å². The molecule has 1 rings (SSSR count). The van der Waals surface area contributed by atoms with E-state index in [0.717, 1.165) is 38.8 Å². The van der Waals surface area contributed by atoms with Crippen LogP contribution in [-0.4, -0.2) is 60.9 Å². The van der Waals surface area contributed by atoms with Crippen LogP contribution >= 0.6 is 0 Å². The van der Waals surface area contributed by atoms with E-state index < -0.39 is 0 Å². The smallest absolute Gasteiger partial charge is 0.234 e. The highest BCUT2D eigenvalue weighted by atomic mass is 16.5. The number of amides is 1. The van der Waals surface area contributed by atoms with Crippen LogP contribution in [0.1, 0.15) is 46.5 Å². The number of ether oxygens (including phenoxy) is 1. The number of hydrogen-bond acceptors (Lipinski definition) is 4. The summed E-state index contributed by atoms with van der Waals surface area (Å²) in [7, 11) is 0. The van der Waals surface area contributed by atoms with Crippen LogP contribution in [0.2, 0.25) is 0 Å². The summed E-state index contributed by atoms with van der Waals surface area (Å²) in [6.07, 6.45) is 4.31. The standard InChI is InChI=1S/C16H32N2O3/c1-13(2)4-5-14(3)17-16(20)12-18-8-6-15(7-9-18)21-11-10-19/h13-15,19H,4-12H2,1-3H3,(H,17,20). The van der Waals surface area contributed by atoms with E-state index in [1.807, 2.05) is 0 Å². The highest BCUT2D eigenvalue weighted by molar-refractivity contribution is 5.78. The first-order valence-corrected chi connectivity index (χ1v) is 8.25. The van der Waals surface area contributed by atoms with Gasteiger partial charge in [-0.1, -0.05) is 13.8 Å². The van der Waals surface area contributed by atoms with Crippen LogP contribution in [0.3, 0.4) is 0 Å². The lowest BCUT2D eigenvalue weighted by Crippen LogP contribution is -2.45. The molecule has 1 aliphatic heterocycles. The van der Waals surface area contributed by atoms with Crippen LogP contribution in [-0.2, 0) is 9.53 Å².